The molecule has 0 heterocycles. The average molecular weight is 515 g/mol. The molecule has 1 fully saturated rings. The Balaban J connectivity index is 0.00000112. The Labute approximate surface area is 217 Å². The van der Waals surface area contributed by atoms with Crippen LogP contribution in [0.5, 0.6) is 5.75 Å². The monoisotopic (exact) mass is 514 g/mol. The van der Waals surface area contributed by atoms with Crippen LogP contribution in [0.3, 0.4) is 0 Å². The van der Waals surface area contributed by atoms with Crippen LogP contribution in [0, 0.1) is 17.6 Å². The lowest BCUT2D eigenvalue weighted by Crippen LogP contribution is -2.13. The average Bonchev–Trinajstić information content (AvgIpc) is 2.93. The minimum absolute atomic E-state index is 0.0509. The topological polar surface area (TPSA) is 29.5 Å². The molecule has 1 N–H and O–H groups in total. The molecular weight excluding hydrogens is 480 g/mol. The maximum absolute atomic E-state index is 14.9. The van der Waals surface area contributed by atoms with E-state index in [0.717, 1.165) is 6.42 Å². The second-order valence-corrected chi connectivity index (χ2v) is 8.83. The maximum Gasteiger partial charge on any atom is 0.200 e. The highest BCUT2D eigenvalue weighted by molar-refractivity contribution is 5.65. The van der Waals surface area contributed by atoms with Gasteiger partial charge in [-0.15, -0.1) is 6.58 Å². The van der Waals surface area contributed by atoms with Gasteiger partial charge in [-0.1, -0.05) is 62.6 Å². The van der Waals surface area contributed by atoms with Gasteiger partial charge in [0.15, 0.2) is 17.5 Å². The molecular formula is C31H34F4O2. The summed E-state index contributed by atoms with van der Waals surface area (Å²) in [6.45, 7) is 12.4. The molecule has 6 heteroatoms. The Kier molecular flexibility index (Phi) is 11.4. The quantitative estimate of drug-likeness (QED) is 0.164. The van der Waals surface area contributed by atoms with Crippen molar-refractivity contribution < 1.29 is 27.4 Å². The van der Waals surface area contributed by atoms with E-state index in [1.807, 2.05) is 6.08 Å². The van der Waals surface area contributed by atoms with Gasteiger partial charge in [0, 0.05) is 11.1 Å². The zero-order valence-electron chi connectivity index (χ0n) is 21.4. The number of ether oxygens (including phenoxy) is 1. The summed E-state index contributed by atoms with van der Waals surface area (Å²) in [7, 11) is 1.20. The molecule has 37 heavy (non-hydrogen) atoms. The summed E-state index contributed by atoms with van der Waals surface area (Å²) < 4.78 is 62.1. The number of hydrogen-bond donors (Lipinski definition) is 1. The highest BCUT2D eigenvalue weighted by Gasteiger charge is 2.26. The smallest absolute Gasteiger partial charge is 0.200 e. The number of rotatable bonds is 8. The molecule has 0 spiro atoms. The maximum atomic E-state index is 14.9. The number of benzene rings is 2. The first-order valence-electron chi connectivity index (χ1n) is 12.2. The van der Waals surface area contributed by atoms with Gasteiger partial charge in [-0.3, -0.25) is 0 Å². The fourth-order valence-corrected chi connectivity index (χ4v) is 4.04. The Morgan fingerprint density at radius 1 is 0.973 bits per heavy atom. The van der Waals surface area contributed by atoms with Crippen LogP contribution in [-0.2, 0) is 4.74 Å². The second kappa shape index (κ2) is 14.3. The summed E-state index contributed by atoms with van der Waals surface area (Å²) in [6.07, 6.45) is 8.84. The Bertz CT molecular complexity index is 1150. The van der Waals surface area contributed by atoms with Crippen molar-refractivity contribution in [3.8, 4) is 16.9 Å². The molecule has 0 aromatic heterocycles. The number of phenols is 1. The van der Waals surface area contributed by atoms with Gasteiger partial charge in [0.05, 0.1) is 7.11 Å². The molecule has 2 aromatic rings. The lowest BCUT2D eigenvalue weighted by Gasteiger charge is -2.27. The van der Waals surface area contributed by atoms with Crippen LogP contribution in [0.15, 0.2) is 97.3 Å². The molecule has 2 aromatic carbocycles. The molecule has 2 nitrogen and oxygen atoms in total. The van der Waals surface area contributed by atoms with E-state index in [-0.39, 0.29) is 28.7 Å². The van der Waals surface area contributed by atoms with Gasteiger partial charge in [-0.05, 0) is 67.2 Å². The van der Waals surface area contributed by atoms with Crippen LogP contribution in [0.4, 0.5) is 17.6 Å². The summed E-state index contributed by atoms with van der Waals surface area (Å²) in [5, 5.41) is 9.39. The fourth-order valence-electron chi connectivity index (χ4n) is 4.04. The van der Waals surface area contributed by atoms with Gasteiger partial charge in [0.1, 0.15) is 11.5 Å². The highest BCUT2D eigenvalue weighted by atomic mass is 19.2. The lowest BCUT2D eigenvalue weighted by molar-refractivity contribution is 0.281. The van der Waals surface area contributed by atoms with Gasteiger partial charge < -0.3 is 9.84 Å². The van der Waals surface area contributed by atoms with Crippen LogP contribution < -0.4 is 0 Å². The normalized spacial score (nSPS) is 17.9. The van der Waals surface area contributed by atoms with E-state index < -0.39 is 29.0 Å². The highest BCUT2D eigenvalue weighted by Crippen LogP contribution is 2.39. The Morgan fingerprint density at radius 2 is 1.57 bits per heavy atom. The van der Waals surface area contributed by atoms with E-state index in [1.165, 1.54) is 37.5 Å². The minimum atomic E-state index is -1.19. The lowest BCUT2D eigenvalue weighted by atomic mass is 9.78. The van der Waals surface area contributed by atoms with E-state index in [2.05, 4.69) is 31.4 Å². The molecule has 0 unspecified atom stereocenters. The molecule has 0 atom stereocenters. The van der Waals surface area contributed by atoms with Crippen LogP contribution in [-0.4, -0.2) is 12.2 Å². The van der Waals surface area contributed by atoms with Gasteiger partial charge in [0.2, 0.25) is 5.83 Å². The Morgan fingerprint density at radius 3 is 2.11 bits per heavy atom. The molecule has 0 aliphatic heterocycles. The zero-order chi connectivity index (χ0) is 27.5. The first-order chi connectivity index (χ1) is 17.6. The molecule has 0 amide bonds. The first-order valence-corrected chi connectivity index (χ1v) is 12.2. The van der Waals surface area contributed by atoms with Crippen LogP contribution in [0.1, 0.15) is 50.5 Å². The van der Waals surface area contributed by atoms with Gasteiger partial charge >= 0.3 is 0 Å². The third kappa shape index (κ3) is 7.97. The van der Waals surface area contributed by atoms with Gasteiger partial charge in [-0.2, -0.15) is 4.39 Å². The van der Waals surface area contributed by atoms with E-state index in [4.69, 9.17) is 0 Å². The molecule has 198 valence electrons. The van der Waals surface area contributed by atoms with Crippen molar-refractivity contribution in [2.75, 3.05) is 7.11 Å². The van der Waals surface area contributed by atoms with Crippen molar-refractivity contribution in [2.24, 2.45) is 5.92 Å². The third-order valence-electron chi connectivity index (χ3n) is 6.33. The first kappa shape index (κ1) is 29.7. The SMILES string of the molecule is C=C(/C=C/C1CCC(c2ccc(-c3ccc(O)cc3)c(F)c2F)CC1)/C(F)=C(/F)C(=C)OC.C=CCC. The number of halogens is 4. The van der Waals surface area contributed by atoms with Gasteiger partial charge in [0.25, 0.3) is 0 Å². The van der Waals surface area contributed by atoms with Crippen molar-refractivity contribution >= 4 is 0 Å². The van der Waals surface area contributed by atoms with Crippen LogP contribution in [0.2, 0.25) is 0 Å². The molecule has 1 aliphatic carbocycles. The largest absolute Gasteiger partial charge is 0.508 e. The molecule has 1 aliphatic rings. The molecule has 0 radical (unpaired) electrons. The summed E-state index contributed by atoms with van der Waals surface area (Å²) in [5.41, 5.74) is 0.850. The summed E-state index contributed by atoms with van der Waals surface area (Å²) in [6, 6.07) is 9.10. The van der Waals surface area contributed by atoms with E-state index in [9.17, 15) is 22.7 Å². The van der Waals surface area contributed by atoms with Crippen molar-refractivity contribution in [3.05, 3.63) is 115 Å². The number of methoxy groups -OCH3 is 1. The van der Waals surface area contributed by atoms with Gasteiger partial charge in [-0.25, -0.2) is 13.2 Å². The number of allylic oxidation sites excluding steroid dienone is 6. The standard InChI is InChI=1S/C27H26F4O2.C4H8/c1-16(24(28)25(29)17(2)33-3)4-5-18-6-8-19(9-7-18)22-14-15-23(27(31)26(22)30)20-10-12-21(32)13-11-20;1-3-4-2/h4-5,10-15,18-19,32H,1-2,6-9H2,3H3;3H,1,4H2,2H3/b5-4+,25-24-;. The van der Waals surface area contributed by atoms with Crippen molar-refractivity contribution in [1.82, 2.24) is 0 Å². The molecule has 0 saturated heterocycles. The second-order valence-electron chi connectivity index (χ2n) is 8.83. The predicted molar refractivity (Wildman–Crippen MR) is 142 cm³/mol. The predicted octanol–water partition coefficient (Wildman–Crippen LogP) is 9.62. The van der Waals surface area contributed by atoms with Crippen molar-refractivity contribution in [1.29, 1.82) is 0 Å². The summed E-state index contributed by atoms with van der Waals surface area (Å²) in [4.78, 5) is 0. The Hall–Kier alpha value is -3.54. The summed E-state index contributed by atoms with van der Waals surface area (Å²) in [5.74, 6) is -4.46. The van der Waals surface area contributed by atoms with E-state index >= 15 is 0 Å². The van der Waals surface area contributed by atoms with Crippen LogP contribution in [0.25, 0.3) is 11.1 Å². The van der Waals surface area contributed by atoms with E-state index in [1.54, 1.807) is 18.2 Å². The number of aromatic hydroxyl groups is 1. The van der Waals surface area contributed by atoms with Crippen molar-refractivity contribution in [3.63, 3.8) is 0 Å². The number of hydrogen-bond acceptors (Lipinski definition) is 2. The number of phenolic OH excluding ortho intramolecular Hbond substituents is 1. The van der Waals surface area contributed by atoms with E-state index in [0.29, 0.717) is 36.8 Å². The van der Waals surface area contributed by atoms with Crippen molar-refractivity contribution in [2.45, 2.75) is 44.9 Å². The molecule has 0 bridgehead atoms. The molecule has 3 rings (SSSR count). The molecule has 1 saturated carbocycles. The third-order valence-corrected chi connectivity index (χ3v) is 6.33. The minimum Gasteiger partial charge on any atom is -0.508 e. The fraction of sp³-hybridized carbons (Fsp3) is 0.290. The zero-order valence-corrected chi connectivity index (χ0v) is 21.4. The van der Waals surface area contributed by atoms with Crippen LogP contribution >= 0.6 is 0 Å². The summed E-state index contributed by atoms with van der Waals surface area (Å²) >= 11 is 0.